The highest BCUT2D eigenvalue weighted by molar-refractivity contribution is 5.99. The van der Waals surface area contributed by atoms with Gasteiger partial charge < -0.3 is 10.6 Å². The van der Waals surface area contributed by atoms with E-state index >= 15 is 0 Å². The fraction of sp³-hybridized carbons (Fsp3) is 0.500. The zero-order chi connectivity index (χ0) is 12.4. The van der Waals surface area contributed by atoms with Gasteiger partial charge in [-0.2, -0.15) is 0 Å². The second-order valence-corrected chi connectivity index (χ2v) is 4.93. The van der Waals surface area contributed by atoms with Crippen LogP contribution in [0.25, 0.3) is 0 Å². The number of hydrogen-bond donors (Lipinski definition) is 1. The number of anilines is 1. The van der Waals surface area contributed by atoms with Gasteiger partial charge in [-0.25, -0.2) is 0 Å². The van der Waals surface area contributed by atoms with Crippen LogP contribution in [-0.4, -0.2) is 22.9 Å². The monoisotopic (exact) mass is 232 g/mol. The SMILES string of the molecule is C[C@@H]1CCC[C@H](C)N1C(=O)c1ccccc1N. The van der Waals surface area contributed by atoms with Crippen LogP contribution in [0.5, 0.6) is 0 Å². The first kappa shape index (κ1) is 12.0. The molecule has 17 heavy (non-hydrogen) atoms. The van der Waals surface area contributed by atoms with E-state index in [0.717, 1.165) is 12.8 Å². The first-order valence-corrected chi connectivity index (χ1v) is 6.28. The minimum atomic E-state index is 0.0720. The van der Waals surface area contributed by atoms with Crippen LogP contribution in [0.15, 0.2) is 24.3 Å². The lowest BCUT2D eigenvalue weighted by Gasteiger charge is -2.39. The van der Waals surface area contributed by atoms with Gasteiger partial charge in [-0.15, -0.1) is 0 Å². The van der Waals surface area contributed by atoms with E-state index in [4.69, 9.17) is 5.73 Å². The van der Waals surface area contributed by atoms with Crippen molar-refractivity contribution >= 4 is 11.6 Å². The van der Waals surface area contributed by atoms with Crippen molar-refractivity contribution in [2.75, 3.05) is 5.73 Å². The molecule has 3 nitrogen and oxygen atoms in total. The third-order valence-electron chi connectivity index (χ3n) is 3.62. The zero-order valence-corrected chi connectivity index (χ0v) is 10.5. The van der Waals surface area contributed by atoms with Crippen molar-refractivity contribution in [3.63, 3.8) is 0 Å². The lowest BCUT2D eigenvalue weighted by molar-refractivity contribution is 0.0512. The molecule has 1 aromatic rings. The second kappa shape index (κ2) is 4.78. The van der Waals surface area contributed by atoms with E-state index in [2.05, 4.69) is 13.8 Å². The summed E-state index contributed by atoms with van der Waals surface area (Å²) in [7, 11) is 0. The molecule has 1 aromatic carbocycles. The molecular weight excluding hydrogens is 212 g/mol. The van der Waals surface area contributed by atoms with Crippen LogP contribution in [0.2, 0.25) is 0 Å². The Kier molecular flexibility index (Phi) is 3.36. The Morgan fingerprint density at radius 1 is 1.24 bits per heavy atom. The maximum absolute atomic E-state index is 12.5. The minimum Gasteiger partial charge on any atom is -0.398 e. The third kappa shape index (κ3) is 2.28. The van der Waals surface area contributed by atoms with Crippen LogP contribution in [0.4, 0.5) is 5.69 Å². The molecule has 0 bridgehead atoms. The molecule has 0 aliphatic carbocycles. The van der Waals surface area contributed by atoms with Crippen molar-refractivity contribution in [2.24, 2.45) is 0 Å². The van der Waals surface area contributed by atoms with E-state index in [1.807, 2.05) is 23.1 Å². The van der Waals surface area contributed by atoms with Crippen molar-refractivity contribution in [3.05, 3.63) is 29.8 Å². The van der Waals surface area contributed by atoms with Crippen LogP contribution in [-0.2, 0) is 0 Å². The summed E-state index contributed by atoms with van der Waals surface area (Å²) in [5, 5.41) is 0. The molecule has 3 heteroatoms. The lowest BCUT2D eigenvalue weighted by atomic mass is 9.96. The van der Waals surface area contributed by atoms with Crippen molar-refractivity contribution in [1.82, 2.24) is 4.90 Å². The molecule has 1 heterocycles. The highest BCUT2D eigenvalue weighted by Crippen LogP contribution is 2.26. The number of amides is 1. The molecule has 0 aromatic heterocycles. The summed E-state index contributed by atoms with van der Waals surface area (Å²) in [5.74, 6) is 0.0720. The van der Waals surface area contributed by atoms with Gasteiger partial charge in [0, 0.05) is 17.8 Å². The summed E-state index contributed by atoms with van der Waals surface area (Å²) in [5.41, 5.74) is 7.08. The average molecular weight is 232 g/mol. The van der Waals surface area contributed by atoms with Crippen molar-refractivity contribution in [3.8, 4) is 0 Å². The Hall–Kier alpha value is -1.51. The fourth-order valence-electron chi connectivity index (χ4n) is 2.65. The number of piperidine rings is 1. The van der Waals surface area contributed by atoms with Crippen molar-refractivity contribution < 1.29 is 4.79 Å². The summed E-state index contributed by atoms with van der Waals surface area (Å²) in [6.07, 6.45) is 3.38. The quantitative estimate of drug-likeness (QED) is 0.757. The normalized spacial score (nSPS) is 24.7. The molecule has 2 N–H and O–H groups in total. The van der Waals surface area contributed by atoms with Gasteiger partial charge in [0.25, 0.3) is 5.91 Å². The van der Waals surface area contributed by atoms with Gasteiger partial charge >= 0.3 is 0 Å². The Labute approximate surface area is 103 Å². The smallest absolute Gasteiger partial charge is 0.256 e. The highest BCUT2D eigenvalue weighted by Gasteiger charge is 2.30. The first-order valence-electron chi connectivity index (χ1n) is 6.28. The number of para-hydroxylation sites is 1. The van der Waals surface area contributed by atoms with Crippen molar-refractivity contribution in [1.29, 1.82) is 0 Å². The molecule has 2 atom stereocenters. The fourth-order valence-corrected chi connectivity index (χ4v) is 2.65. The van der Waals surface area contributed by atoms with Crippen LogP contribution in [0, 0.1) is 0 Å². The molecular formula is C14H20N2O. The molecule has 1 saturated heterocycles. The number of carbonyl (C=O) groups is 1. The number of nitrogens with two attached hydrogens (primary N) is 1. The largest absolute Gasteiger partial charge is 0.398 e. The van der Waals surface area contributed by atoms with Gasteiger partial charge in [0.05, 0.1) is 5.56 Å². The first-order chi connectivity index (χ1) is 8.11. The Morgan fingerprint density at radius 2 is 1.82 bits per heavy atom. The average Bonchev–Trinajstić information content (AvgIpc) is 2.29. The van der Waals surface area contributed by atoms with E-state index < -0.39 is 0 Å². The van der Waals surface area contributed by atoms with E-state index in [0.29, 0.717) is 23.3 Å². The Bertz CT molecular complexity index is 406. The summed E-state index contributed by atoms with van der Waals surface area (Å²) in [6, 6.07) is 7.94. The third-order valence-corrected chi connectivity index (χ3v) is 3.62. The molecule has 0 unspecified atom stereocenters. The van der Waals surface area contributed by atoms with E-state index in [-0.39, 0.29) is 5.91 Å². The van der Waals surface area contributed by atoms with Crippen LogP contribution in [0.1, 0.15) is 43.5 Å². The van der Waals surface area contributed by atoms with Crippen LogP contribution in [0.3, 0.4) is 0 Å². The topological polar surface area (TPSA) is 46.3 Å². The molecule has 2 rings (SSSR count). The van der Waals surface area contributed by atoms with Gasteiger partial charge in [0.1, 0.15) is 0 Å². The minimum absolute atomic E-state index is 0.0720. The number of nitrogens with zero attached hydrogens (tertiary/aromatic N) is 1. The summed E-state index contributed by atoms with van der Waals surface area (Å²) in [6.45, 7) is 4.24. The van der Waals surface area contributed by atoms with Crippen LogP contribution < -0.4 is 5.73 Å². The number of likely N-dealkylation sites (tertiary alicyclic amines) is 1. The summed E-state index contributed by atoms with van der Waals surface area (Å²) in [4.78, 5) is 14.5. The molecule has 92 valence electrons. The molecule has 1 amide bonds. The number of nitrogen functional groups attached to an aromatic ring is 1. The predicted molar refractivity (Wildman–Crippen MR) is 69.8 cm³/mol. The molecule has 1 aliphatic heterocycles. The van der Waals surface area contributed by atoms with Gasteiger partial charge in [0.15, 0.2) is 0 Å². The summed E-state index contributed by atoms with van der Waals surface area (Å²) < 4.78 is 0. The number of rotatable bonds is 1. The second-order valence-electron chi connectivity index (χ2n) is 4.93. The molecule has 1 fully saturated rings. The van der Waals surface area contributed by atoms with Gasteiger partial charge in [-0.3, -0.25) is 4.79 Å². The number of benzene rings is 1. The lowest BCUT2D eigenvalue weighted by Crippen LogP contribution is -2.47. The van der Waals surface area contributed by atoms with Gasteiger partial charge in [0.2, 0.25) is 0 Å². The molecule has 0 saturated carbocycles. The predicted octanol–water partition coefficient (Wildman–Crippen LogP) is 2.67. The number of hydrogen-bond acceptors (Lipinski definition) is 2. The maximum Gasteiger partial charge on any atom is 0.256 e. The Balaban J connectivity index is 2.27. The van der Waals surface area contributed by atoms with Gasteiger partial charge in [-0.1, -0.05) is 12.1 Å². The van der Waals surface area contributed by atoms with E-state index in [1.54, 1.807) is 6.07 Å². The van der Waals surface area contributed by atoms with E-state index in [1.165, 1.54) is 6.42 Å². The molecule has 1 aliphatic rings. The van der Waals surface area contributed by atoms with E-state index in [9.17, 15) is 4.79 Å². The molecule has 0 spiro atoms. The standard InChI is InChI=1S/C14H20N2O/c1-10-6-5-7-11(2)16(10)14(17)12-8-3-4-9-13(12)15/h3-4,8-11H,5-7,15H2,1-2H3/t10-,11+. The Morgan fingerprint density at radius 3 is 2.41 bits per heavy atom. The van der Waals surface area contributed by atoms with Gasteiger partial charge in [-0.05, 0) is 45.2 Å². The highest BCUT2D eigenvalue weighted by atomic mass is 16.2. The van der Waals surface area contributed by atoms with Crippen molar-refractivity contribution in [2.45, 2.75) is 45.2 Å². The number of carbonyl (C=O) groups excluding carboxylic acids is 1. The van der Waals surface area contributed by atoms with Crippen LogP contribution >= 0.6 is 0 Å². The maximum atomic E-state index is 12.5. The zero-order valence-electron chi connectivity index (χ0n) is 10.5. The summed E-state index contributed by atoms with van der Waals surface area (Å²) >= 11 is 0. The molecule has 0 radical (unpaired) electrons.